The van der Waals surface area contributed by atoms with Gasteiger partial charge in [-0.05, 0) is 437 Å². The summed E-state index contributed by atoms with van der Waals surface area (Å²) in [6, 6.07) is 0. The van der Waals surface area contributed by atoms with Crippen molar-refractivity contribution in [1.82, 2.24) is 0 Å². The molecule has 2 heterocycles. The van der Waals surface area contributed by atoms with Gasteiger partial charge in [0.15, 0.2) is 19.8 Å². The molecule has 0 spiro atoms. The highest BCUT2D eigenvalue weighted by Gasteiger charge is 2.68. The van der Waals surface area contributed by atoms with Crippen molar-refractivity contribution < 1.29 is 125 Å². The van der Waals surface area contributed by atoms with Crippen LogP contribution < -0.4 is 0 Å². The first kappa shape index (κ1) is 116. The van der Waals surface area contributed by atoms with Crippen LogP contribution in [0.5, 0.6) is 0 Å². The zero-order chi connectivity index (χ0) is 106. The molecule has 22 aliphatic rings. The highest BCUT2D eigenvalue weighted by atomic mass is 16.6. The molecule has 0 amide bonds. The van der Waals surface area contributed by atoms with Gasteiger partial charge < -0.3 is 67.1 Å². The number of ether oxygens (including phenoxy) is 12. The van der Waals surface area contributed by atoms with E-state index in [-0.39, 0.29) is 95.5 Å². The summed E-state index contributed by atoms with van der Waals surface area (Å²) in [4.78, 5) is 143. The van der Waals surface area contributed by atoms with Gasteiger partial charge in [-0.25, -0.2) is 24.0 Å². The summed E-state index contributed by atoms with van der Waals surface area (Å²) in [5, 5.41) is 21.3. The minimum atomic E-state index is -0.687. The van der Waals surface area contributed by atoms with Crippen LogP contribution in [-0.2, 0) is 114 Å². The number of fused-ring (bicyclic) bond motifs is 9. The van der Waals surface area contributed by atoms with E-state index in [1.807, 2.05) is 111 Å². The first-order valence-corrected chi connectivity index (χ1v) is 56.9. The summed E-state index contributed by atoms with van der Waals surface area (Å²) >= 11 is 0. The van der Waals surface area contributed by atoms with Crippen molar-refractivity contribution in [2.45, 2.75) is 488 Å². The molecule has 0 aromatic carbocycles. The lowest BCUT2D eigenvalue weighted by molar-refractivity contribution is -0.226. The Bertz CT molecular complexity index is 4300. The normalized spacial score (nSPS) is 35.4. The molecule has 0 aromatic heterocycles. The average molecular weight is 2020 g/mol. The van der Waals surface area contributed by atoms with Gasteiger partial charge in [0, 0.05) is 42.4 Å². The molecular weight excluding hydrogens is 1830 g/mol. The third kappa shape index (κ3) is 26.1. The predicted octanol–water partition coefficient (Wildman–Crippen LogP) is 22.7. The molecule has 2 saturated heterocycles. The second-order valence-corrected chi connectivity index (χ2v) is 54.3. The summed E-state index contributed by atoms with van der Waals surface area (Å²) in [6.07, 6.45) is 39.9. The van der Waals surface area contributed by atoms with E-state index in [4.69, 9.17) is 56.8 Å². The fourth-order valence-corrected chi connectivity index (χ4v) is 31.1. The summed E-state index contributed by atoms with van der Waals surface area (Å²) in [6.45, 7) is 50.3. The SMILES string of the molecule is CCC(C)(C)C(=O)OC12CC3CC(CC(O)(C3)C1)C2.CCC(C)(C)C(=O)OC12CC3CC(CC(O)(C3)C1)C2.CCC(C)(C)C(=O)OC1CCOC1=O.CCC(C)(C)C(=O)OC1CCOC1=O.CCC(C)(C)C(=O)OCC(=O)OC(C)(C)C12CC3CC(CC(C3)C1)C2.CCC(C)(C)C(=O)OCC(=O)OC(CC)(CC)C12CC3CC(CC(C3)C1)C2.CCC(C)C(=O)OCC(=O)OC(C)(C)C1CC2CC1C1C3CCC(C3)C21. The van der Waals surface area contributed by atoms with E-state index >= 15 is 0 Å². The van der Waals surface area contributed by atoms with Gasteiger partial charge in [-0.15, -0.1) is 0 Å². The molecule has 22 fully saturated rings. The van der Waals surface area contributed by atoms with Gasteiger partial charge in [0.1, 0.15) is 28.0 Å². The van der Waals surface area contributed by atoms with Gasteiger partial charge in [0.25, 0.3) is 0 Å². The first-order chi connectivity index (χ1) is 67.0. The fourth-order valence-electron chi connectivity index (χ4n) is 31.1. The van der Waals surface area contributed by atoms with Crippen molar-refractivity contribution in [2.75, 3.05) is 33.0 Å². The summed E-state index contributed by atoms with van der Waals surface area (Å²) in [5.41, 5.74) is -5.94. The number of aliphatic hydroxyl groups is 2. The van der Waals surface area contributed by atoms with Crippen molar-refractivity contribution in [3.05, 3.63) is 0 Å². The van der Waals surface area contributed by atoms with E-state index < -0.39 is 96.6 Å². The van der Waals surface area contributed by atoms with Crippen LogP contribution in [0, 0.1) is 150 Å². The van der Waals surface area contributed by atoms with Crippen LogP contribution in [0.2, 0.25) is 0 Å². The Balaban J connectivity index is 0.000000152. The van der Waals surface area contributed by atoms with Gasteiger partial charge in [-0.1, -0.05) is 69.2 Å². The Morgan fingerprint density at radius 1 is 0.347 bits per heavy atom. The monoisotopic (exact) mass is 2020 g/mol. The van der Waals surface area contributed by atoms with Crippen LogP contribution >= 0.6 is 0 Å². The lowest BCUT2D eigenvalue weighted by Gasteiger charge is -2.63. The minimum absolute atomic E-state index is 0.0828. The lowest BCUT2D eigenvalue weighted by atomic mass is 9.44. The molecule has 14 atom stereocenters. The van der Waals surface area contributed by atoms with Crippen molar-refractivity contribution in [2.24, 2.45) is 150 Å². The number of hydrogen-bond donors (Lipinski definition) is 2. The summed E-state index contributed by atoms with van der Waals surface area (Å²) < 4.78 is 65.1. The van der Waals surface area contributed by atoms with Crippen LogP contribution in [-0.4, -0.2) is 166 Å². The van der Waals surface area contributed by atoms with Crippen LogP contribution in [0.1, 0.15) is 437 Å². The Morgan fingerprint density at radius 3 is 1.01 bits per heavy atom. The molecule has 0 radical (unpaired) electrons. The molecule has 20 bridgehead atoms. The second kappa shape index (κ2) is 44.8. The molecule has 2 aliphatic heterocycles. The molecular formula is C118H190O26. The fraction of sp³-hybridized carbons (Fsp3) is 0.898. The molecule has 20 aliphatic carbocycles. The minimum Gasteiger partial charge on any atom is -0.463 e. The molecule has 14 unspecified atom stereocenters. The van der Waals surface area contributed by atoms with E-state index in [1.54, 1.807) is 27.7 Å². The third-order valence-electron chi connectivity index (χ3n) is 40.6. The molecule has 144 heavy (non-hydrogen) atoms. The molecule has 818 valence electrons. The highest BCUT2D eigenvalue weighted by Crippen LogP contribution is 2.72. The van der Waals surface area contributed by atoms with Crippen molar-refractivity contribution in [3.8, 4) is 0 Å². The maximum absolute atomic E-state index is 12.7. The number of carbonyl (C=O) groups excluding carboxylic acids is 12. The quantitative estimate of drug-likeness (QED) is 0.0359. The molecule has 26 heteroatoms. The molecule has 26 nitrogen and oxygen atoms in total. The zero-order valence-corrected chi connectivity index (χ0v) is 93.6. The smallest absolute Gasteiger partial charge is 0.347 e. The van der Waals surface area contributed by atoms with Crippen LogP contribution in [0.15, 0.2) is 0 Å². The zero-order valence-electron chi connectivity index (χ0n) is 93.6. The third-order valence-corrected chi connectivity index (χ3v) is 40.6. The Kier molecular flexibility index (Phi) is 36.2. The van der Waals surface area contributed by atoms with Gasteiger partial charge in [-0.3, -0.25) is 33.6 Å². The van der Waals surface area contributed by atoms with E-state index in [2.05, 4.69) is 41.5 Å². The molecule has 2 N–H and O–H groups in total. The predicted molar refractivity (Wildman–Crippen MR) is 543 cm³/mol. The highest BCUT2D eigenvalue weighted by molar-refractivity contribution is 5.85. The first-order valence-electron chi connectivity index (χ1n) is 56.9. The van der Waals surface area contributed by atoms with Crippen LogP contribution in [0.25, 0.3) is 0 Å². The Hall–Kier alpha value is -6.44. The number of cyclic esters (lactones) is 2. The summed E-state index contributed by atoms with van der Waals surface area (Å²) in [5.74, 6) is 8.93. The van der Waals surface area contributed by atoms with Gasteiger partial charge in [0.2, 0.25) is 12.2 Å². The molecule has 0 aromatic rings. The Labute approximate surface area is 862 Å². The number of esters is 12. The van der Waals surface area contributed by atoms with E-state index in [0.717, 1.165) is 154 Å². The van der Waals surface area contributed by atoms with E-state index in [9.17, 15) is 67.7 Å². The van der Waals surface area contributed by atoms with Crippen molar-refractivity contribution in [1.29, 1.82) is 0 Å². The number of rotatable bonds is 32. The molecule has 20 saturated carbocycles. The maximum atomic E-state index is 12.7. The number of carbonyl (C=O) groups is 12. The van der Waals surface area contributed by atoms with Crippen molar-refractivity contribution >= 4 is 71.6 Å². The maximum Gasteiger partial charge on any atom is 0.347 e. The topological polar surface area (TPSA) is 356 Å². The van der Waals surface area contributed by atoms with Gasteiger partial charge in [0.05, 0.1) is 62.8 Å². The Morgan fingerprint density at radius 2 is 0.674 bits per heavy atom. The van der Waals surface area contributed by atoms with Crippen LogP contribution in [0.4, 0.5) is 0 Å². The van der Waals surface area contributed by atoms with E-state index in [0.29, 0.717) is 94.2 Å². The van der Waals surface area contributed by atoms with Gasteiger partial charge in [-0.2, -0.15) is 0 Å². The van der Waals surface area contributed by atoms with Crippen LogP contribution in [0.3, 0.4) is 0 Å². The van der Waals surface area contributed by atoms with Crippen molar-refractivity contribution in [3.63, 3.8) is 0 Å². The standard InChI is InChI=1S/C23H38O4.C22H34O4.C21H34O4.2C16H26O3.2C10H16O4/c1-6-21(4,5)20(25)26-15-19(24)27-23(7-2,8-3)22-12-16-9-17(13-22)11-18(10-16)14-22;1-5-12(2)21(24)25-11-18(23)26-22(3,4)17-10-15-9-16(17)20-14-7-6-13(8-14)19(15)20;1-6-19(2,3)18(23)24-13-17(22)25-20(4,5)21-10-14-7-15(11-21)9-16(8-14)12-21;2*1-4-14(2,3)13(17)19-16-8-11-5-12(9-16)7-15(18,6-11)10-16;2*1-4-10(2,3)9(12)14-7-5-6-13-8(7)11/h16-18H,6-15H2,1-5H3;12-17,19-20H,5-11H2,1-4H3;14-16H,6-13H2,1-5H3;2*11-12,18H,4-10H2,1-3H3;2*7H,4-6H2,1-3H3. The average Bonchev–Trinajstić information content (AvgIpc) is 1.55. The lowest BCUT2D eigenvalue weighted by Crippen LogP contribution is -2.61. The van der Waals surface area contributed by atoms with Gasteiger partial charge >= 0.3 is 71.6 Å². The summed E-state index contributed by atoms with van der Waals surface area (Å²) in [7, 11) is 0. The van der Waals surface area contributed by atoms with E-state index in [1.165, 1.54) is 122 Å². The molecule has 22 rings (SSSR count). The second-order valence-electron chi connectivity index (χ2n) is 54.3. The number of hydrogen-bond acceptors (Lipinski definition) is 26. The largest absolute Gasteiger partial charge is 0.463 e.